The number of ether oxygens (including phenoxy) is 2. The lowest BCUT2D eigenvalue weighted by molar-refractivity contribution is -0.381. The normalized spacial score (nSPS) is 10.5. The second kappa shape index (κ2) is 6.91. The number of hydrogen-bond donors (Lipinski definition) is 1. The van der Waals surface area contributed by atoms with Crippen LogP contribution in [-0.2, 0) is 11.3 Å². The molecular weight excluding hydrogens is 308 g/mol. The van der Waals surface area contributed by atoms with Gasteiger partial charge in [-0.3, -0.25) is 0 Å². The number of rotatable bonds is 5. The number of aromatic nitrogens is 3. The Kier molecular flexibility index (Phi) is 4.51. The Morgan fingerprint density at radius 2 is 2.08 bits per heavy atom. The van der Waals surface area contributed by atoms with Gasteiger partial charge in [-0.1, -0.05) is 12.1 Å². The number of H-pyrrole nitrogens is 1. The van der Waals surface area contributed by atoms with Gasteiger partial charge in [0.2, 0.25) is 11.7 Å². The molecule has 7 heteroatoms. The van der Waals surface area contributed by atoms with Gasteiger partial charge in [-0.2, -0.15) is 0 Å². The Morgan fingerprint density at radius 3 is 2.92 bits per heavy atom. The standard InChI is InChI=1S/C17H16N4O3/c1-2-23-16-12(7-5-9-19-16)17(22)24-10-14-20-13-8-4-3-6-11(13)15(18)21-14/h3-9H,2,10H2,1H3,(H2,18,20,21)/p+1. The van der Waals surface area contributed by atoms with Crippen LogP contribution in [0.4, 0.5) is 5.82 Å². The van der Waals surface area contributed by atoms with Crippen molar-refractivity contribution in [3.63, 3.8) is 0 Å². The number of nitrogens with zero attached hydrogens (tertiary/aromatic N) is 2. The molecule has 0 atom stereocenters. The molecule has 0 saturated carbocycles. The number of carbonyl (C=O) groups is 1. The predicted molar refractivity (Wildman–Crippen MR) is 87.2 cm³/mol. The van der Waals surface area contributed by atoms with Gasteiger partial charge >= 0.3 is 5.97 Å². The molecule has 2 heterocycles. The third-order valence-corrected chi connectivity index (χ3v) is 3.34. The lowest BCUT2D eigenvalue weighted by atomic mass is 10.2. The fourth-order valence-electron chi connectivity index (χ4n) is 2.27. The van der Waals surface area contributed by atoms with Crippen molar-refractivity contribution in [2.75, 3.05) is 12.3 Å². The number of hydrogen-bond acceptors (Lipinski definition) is 6. The molecule has 24 heavy (non-hydrogen) atoms. The van der Waals surface area contributed by atoms with Crippen LogP contribution in [0.25, 0.3) is 10.9 Å². The van der Waals surface area contributed by atoms with Crippen LogP contribution in [0.2, 0.25) is 0 Å². The number of anilines is 1. The van der Waals surface area contributed by atoms with E-state index < -0.39 is 5.97 Å². The fraction of sp³-hybridized carbons (Fsp3) is 0.176. The van der Waals surface area contributed by atoms with Crippen molar-refractivity contribution in [3.8, 4) is 5.88 Å². The van der Waals surface area contributed by atoms with Crippen molar-refractivity contribution >= 4 is 22.7 Å². The molecule has 3 aromatic rings. The highest BCUT2D eigenvalue weighted by Crippen LogP contribution is 2.17. The first-order valence-corrected chi connectivity index (χ1v) is 7.50. The summed E-state index contributed by atoms with van der Waals surface area (Å²) in [5, 5.41) is 0.818. The average Bonchev–Trinajstić information content (AvgIpc) is 2.60. The summed E-state index contributed by atoms with van der Waals surface area (Å²) in [5.74, 6) is 0.651. The number of para-hydroxylation sites is 1. The third kappa shape index (κ3) is 3.24. The van der Waals surface area contributed by atoms with E-state index in [1.165, 1.54) is 0 Å². The Hall–Kier alpha value is -3.22. The summed E-state index contributed by atoms with van der Waals surface area (Å²) >= 11 is 0. The summed E-state index contributed by atoms with van der Waals surface area (Å²) in [6, 6.07) is 10.7. The van der Waals surface area contributed by atoms with Crippen LogP contribution in [0, 0.1) is 0 Å². The Morgan fingerprint density at radius 1 is 1.25 bits per heavy atom. The number of fused-ring (bicyclic) bond motifs is 1. The molecule has 0 bridgehead atoms. The van der Waals surface area contributed by atoms with Crippen molar-refractivity contribution < 1.29 is 19.3 Å². The number of esters is 1. The summed E-state index contributed by atoms with van der Waals surface area (Å²) < 4.78 is 10.6. The molecule has 2 aromatic heterocycles. The van der Waals surface area contributed by atoms with Crippen molar-refractivity contribution in [1.82, 2.24) is 9.97 Å². The topological polar surface area (TPSA) is 101 Å². The first kappa shape index (κ1) is 15.7. The molecule has 1 aromatic carbocycles. The van der Waals surface area contributed by atoms with Gasteiger partial charge in [0.1, 0.15) is 5.56 Å². The van der Waals surface area contributed by atoms with E-state index in [0.29, 0.717) is 18.2 Å². The van der Waals surface area contributed by atoms with E-state index in [2.05, 4.69) is 15.0 Å². The molecule has 0 radical (unpaired) electrons. The molecule has 3 rings (SSSR count). The second-order valence-electron chi connectivity index (χ2n) is 4.98. The molecule has 0 aliphatic carbocycles. The molecule has 0 amide bonds. The van der Waals surface area contributed by atoms with E-state index in [9.17, 15) is 4.79 Å². The van der Waals surface area contributed by atoms with Crippen LogP contribution < -0.4 is 15.5 Å². The number of pyridine rings is 1. The molecule has 0 fully saturated rings. The first-order valence-electron chi connectivity index (χ1n) is 7.50. The van der Waals surface area contributed by atoms with Crippen LogP contribution in [0.15, 0.2) is 42.6 Å². The largest absolute Gasteiger partial charge is 0.477 e. The molecular formula is C17H17N4O3+. The number of nitrogen functional groups attached to an aromatic ring is 1. The Bertz CT molecular complexity index is 883. The van der Waals surface area contributed by atoms with E-state index in [-0.39, 0.29) is 18.1 Å². The van der Waals surface area contributed by atoms with Gasteiger partial charge in [-0.15, -0.1) is 4.98 Å². The molecule has 0 aliphatic rings. The van der Waals surface area contributed by atoms with Gasteiger partial charge in [0.05, 0.1) is 12.0 Å². The number of benzene rings is 1. The van der Waals surface area contributed by atoms with E-state index in [4.69, 9.17) is 15.2 Å². The van der Waals surface area contributed by atoms with Gasteiger partial charge < -0.3 is 15.2 Å². The molecule has 0 unspecified atom stereocenters. The number of nitrogens with two attached hydrogens (primary N) is 1. The quantitative estimate of drug-likeness (QED) is 0.718. The molecule has 0 aliphatic heterocycles. The van der Waals surface area contributed by atoms with Crippen LogP contribution >= 0.6 is 0 Å². The SMILES string of the molecule is CCOc1ncccc1C(=O)OCc1nc2ccccc2c(N)[nH+]1. The Labute approximate surface area is 138 Å². The lowest BCUT2D eigenvalue weighted by Crippen LogP contribution is -2.21. The average molecular weight is 325 g/mol. The summed E-state index contributed by atoms with van der Waals surface area (Å²) in [6.07, 6.45) is 1.56. The summed E-state index contributed by atoms with van der Waals surface area (Å²) in [4.78, 5) is 23.6. The minimum Gasteiger partial charge on any atom is -0.477 e. The predicted octanol–water partition coefficient (Wildman–Crippen LogP) is 1.78. The maximum Gasteiger partial charge on any atom is 0.344 e. The zero-order chi connectivity index (χ0) is 16.9. The molecule has 0 spiro atoms. The van der Waals surface area contributed by atoms with Crippen molar-refractivity contribution in [2.45, 2.75) is 13.5 Å². The number of carbonyl (C=O) groups excluding carboxylic acids is 1. The number of nitrogens with one attached hydrogen (secondary N) is 1. The van der Waals surface area contributed by atoms with E-state index in [1.807, 2.05) is 31.2 Å². The highest BCUT2D eigenvalue weighted by atomic mass is 16.5. The van der Waals surface area contributed by atoms with Crippen LogP contribution in [-0.4, -0.2) is 22.5 Å². The maximum absolute atomic E-state index is 12.2. The van der Waals surface area contributed by atoms with Gasteiger partial charge in [0.15, 0.2) is 12.1 Å². The van der Waals surface area contributed by atoms with Gasteiger partial charge in [0, 0.05) is 6.20 Å². The molecule has 0 saturated heterocycles. The monoisotopic (exact) mass is 325 g/mol. The smallest absolute Gasteiger partial charge is 0.344 e. The van der Waals surface area contributed by atoms with E-state index in [0.717, 1.165) is 10.9 Å². The second-order valence-corrected chi connectivity index (χ2v) is 4.98. The summed E-state index contributed by atoms with van der Waals surface area (Å²) in [5.41, 5.74) is 6.98. The van der Waals surface area contributed by atoms with Gasteiger partial charge in [-0.05, 0) is 31.2 Å². The van der Waals surface area contributed by atoms with Gasteiger partial charge in [0.25, 0.3) is 5.82 Å². The molecule has 122 valence electrons. The summed E-state index contributed by atoms with van der Waals surface area (Å²) in [6.45, 7) is 2.20. The highest BCUT2D eigenvalue weighted by molar-refractivity contribution is 5.91. The molecule has 7 nitrogen and oxygen atoms in total. The van der Waals surface area contributed by atoms with Crippen LogP contribution in [0.3, 0.4) is 0 Å². The van der Waals surface area contributed by atoms with E-state index in [1.54, 1.807) is 18.3 Å². The highest BCUT2D eigenvalue weighted by Gasteiger charge is 2.17. The van der Waals surface area contributed by atoms with Crippen molar-refractivity contribution in [3.05, 3.63) is 54.0 Å². The van der Waals surface area contributed by atoms with Crippen LogP contribution in [0.5, 0.6) is 5.88 Å². The fourth-order valence-corrected chi connectivity index (χ4v) is 2.27. The third-order valence-electron chi connectivity index (χ3n) is 3.34. The lowest BCUT2D eigenvalue weighted by Gasteiger charge is -2.07. The van der Waals surface area contributed by atoms with E-state index >= 15 is 0 Å². The summed E-state index contributed by atoms with van der Waals surface area (Å²) in [7, 11) is 0. The Balaban J connectivity index is 1.77. The number of aromatic amines is 1. The first-order chi connectivity index (χ1) is 11.7. The zero-order valence-electron chi connectivity index (χ0n) is 13.2. The van der Waals surface area contributed by atoms with Gasteiger partial charge in [-0.25, -0.2) is 14.8 Å². The minimum atomic E-state index is -0.534. The van der Waals surface area contributed by atoms with Crippen molar-refractivity contribution in [1.29, 1.82) is 0 Å². The minimum absolute atomic E-state index is 0.0334. The molecule has 3 N–H and O–H groups in total. The van der Waals surface area contributed by atoms with Crippen LogP contribution in [0.1, 0.15) is 23.1 Å². The maximum atomic E-state index is 12.2. The van der Waals surface area contributed by atoms with Crippen molar-refractivity contribution in [2.24, 2.45) is 0 Å². The zero-order valence-corrected chi connectivity index (χ0v) is 13.2.